The smallest absolute Gasteiger partial charge is 0.231 e. The number of hydrogen-bond donors (Lipinski definition) is 2. The largest absolute Gasteiger partial charge is 0.454 e. The first kappa shape index (κ1) is 11.2. The molecule has 2 rings (SSSR count). The Morgan fingerprint density at radius 2 is 2.25 bits per heavy atom. The van der Waals surface area contributed by atoms with E-state index in [2.05, 4.69) is 0 Å². The summed E-state index contributed by atoms with van der Waals surface area (Å²) >= 11 is 0. The van der Waals surface area contributed by atoms with Gasteiger partial charge in [0.05, 0.1) is 6.10 Å². The second-order valence-electron chi connectivity index (χ2n) is 3.71. The van der Waals surface area contributed by atoms with Gasteiger partial charge in [0.15, 0.2) is 11.5 Å². The molecule has 0 aliphatic carbocycles. The number of alkyl halides is 1. The van der Waals surface area contributed by atoms with Gasteiger partial charge in [-0.1, -0.05) is 0 Å². The predicted octanol–water partition coefficient (Wildman–Crippen LogP) is 1.44. The topological polar surface area (TPSA) is 64.7 Å². The lowest BCUT2D eigenvalue weighted by molar-refractivity contribution is 0.161. The van der Waals surface area contributed by atoms with E-state index in [0.717, 1.165) is 0 Å². The summed E-state index contributed by atoms with van der Waals surface area (Å²) in [6.07, 6.45) is -1.99. The Morgan fingerprint density at radius 1 is 1.50 bits per heavy atom. The van der Waals surface area contributed by atoms with E-state index in [1.165, 1.54) is 6.92 Å². The molecule has 0 amide bonds. The zero-order chi connectivity index (χ0) is 11.7. The Morgan fingerprint density at radius 3 is 2.88 bits per heavy atom. The minimum atomic E-state index is -1.13. The van der Waals surface area contributed by atoms with Gasteiger partial charge < -0.3 is 20.3 Å². The Hall–Kier alpha value is -1.33. The molecular weight excluding hydrogens is 213 g/mol. The average Bonchev–Trinajstić information content (AvgIpc) is 2.74. The fourth-order valence-electron chi connectivity index (χ4n) is 1.66. The third-order valence-electron chi connectivity index (χ3n) is 2.57. The summed E-state index contributed by atoms with van der Waals surface area (Å²) < 4.78 is 23.7. The van der Waals surface area contributed by atoms with Crippen molar-refractivity contribution in [3.8, 4) is 11.5 Å². The van der Waals surface area contributed by atoms with Crippen LogP contribution in [0.15, 0.2) is 12.1 Å². The minimum Gasteiger partial charge on any atom is -0.454 e. The maximum Gasteiger partial charge on any atom is 0.231 e. The number of benzene rings is 1. The minimum absolute atomic E-state index is 0.0555. The van der Waals surface area contributed by atoms with E-state index in [1.807, 2.05) is 0 Å². The lowest BCUT2D eigenvalue weighted by Crippen LogP contribution is -2.12. The maximum absolute atomic E-state index is 13.2. The van der Waals surface area contributed by atoms with Gasteiger partial charge in [0, 0.05) is 12.1 Å². The number of aliphatic hydroxyl groups excluding tert-OH is 1. The number of nitrogens with two attached hydrogens (primary N) is 1. The van der Waals surface area contributed by atoms with Crippen LogP contribution >= 0.6 is 0 Å². The van der Waals surface area contributed by atoms with Crippen LogP contribution < -0.4 is 15.2 Å². The van der Waals surface area contributed by atoms with E-state index >= 15 is 0 Å². The highest BCUT2D eigenvalue weighted by Gasteiger charge is 2.24. The molecule has 5 heteroatoms. The second kappa shape index (κ2) is 4.27. The molecule has 0 saturated heterocycles. The normalized spacial score (nSPS) is 17.2. The van der Waals surface area contributed by atoms with Crippen LogP contribution in [0.5, 0.6) is 11.5 Å². The predicted molar refractivity (Wildman–Crippen MR) is 56.1 cm³/mol. The molecule has 0 saturated carbocycles. The van der Waals surface area contributed by atoms with Gasteiger partial charge >= 0.3 is 0 Å². The molecule has 0 bridgehead atoms. The van der Waals surface area contributed by atoms with Crippen molar-refractivity contribution < 1.29 is 19.0 Å². The highest BCUT2D eigenvalue weighted by atomic mass is 19.1. The first-order chi connectivity index (χ1) is 7.63. The molecule has 1 heterocycles. The van der Waals surface area contributed by atoms with Crippen LogP contribution in [0, 0.1) is 0 Å². The molecule has 88 valence electrons. The lowest BCUT2D eigenvalue weighted by Gasteiger charge is -2.13. The van der Waals surface area contributed by atoms with Crippen LogP contribution in [0.25, 0.3) is 0 Å². The third kappa shape index (κ3) is 1.83. The summed E-state index contributed by atoms with van der Waals surface area (Å²) in [5.41, 5.74) is 6.32. The molecule has 4 nitrogen and oxygen atoms in total. The van der Waals surface area contributed by atoms with Gasteiger partial charge in [0.25, 0.3) is 0 Å². The molecule has 1 aliphatic rings. The molecule has 1 aliphatic heterocycles. The van der Waals surface area contributed by atoms with Gasteiger partial charge in [-0.2, -0.15) is 0 Å². The average molecular weight is 227 g/mol. The summed E-state index contributed by atoms with van der Waals surface area (Å²) in [5, 5.41) is 9.72. The Labute approximate surface area is 92.8 Å². The highest BCUT2D eigenvalue weighted by Crippen LogP contribution is 2.41. The van der Waals surface area contributed by atoms with Crippen molar-refractivity contribution in [1.29, 1.82) is 0 Å². The van der Waals surface area contributed by atoms with Crippen molar-refractivity contribution in [2.24, 2.45) is 5.73 Å². The van der Waals surface area contributed by atoms with Gasteiger partial charge in [-0.05, 0) is 24.6 Å². The maximum atomic E-state index is 13.2. The van der Waals surface area contributed by atoms with Crippen molar-refractivity contribution in [1.82, 2.24) is 0 Å². The van der Waals surface area contributed by atoms with E-state index in [0.29, 0.717) is 22.6 Å². The van der Waals surface area contributed by atoms with Gasteiger partial charge in [-0.25, -0.2) is 4.39 Å². The van der Waals surface area contributed by atoms with E-state index in [9.17, 15) is 9.50 Å². The van der Waals surface area contributed by atoms with E-state index in [1.54, 1.807) is 12.1 Å². The van der Waals surface area contributed by atoms with Crippen LogP contribution in [0.4, 0.5) is 4.39 Å². The first-order valence-corrected chi connectivity index (χ1v) is 5.09. The quantitative estimate of drug-likeness (QED) is 0.820. The van der Waals surface area contributed by atoms with Crippen LogP contribution in [0.3, 0.4) is 0 Å². The van der Waals surface area contributed by atoms with Gasteiger partial charge in [-0.3, -0.25) is 0 Å². The molecule has 1 aromatic carbocycles. The van der Waals surface area contributed by atoms with Crippen molar-refractivity contribution in [2.75, 3.05) is 13.3 Å². The fraction of sp³-hybridized carbons (Fsp3) is 0.455. The van der Waals surface area contributed by atoms with Gasteiger partial charge in [0.2, 0.25) is 6.79 Å². The van der Waals surface area contributed by atoms with E-state index < -0.39 is 12.3 Å². The Bertz CT molecular complexity index is 395. The van der Waals surface area contributed by atoms with E-state index in [4.69, 9.17) is 15.2 Å². The fourth-order valence-corrected chi connectivity index (χ4v) is 1.66. The summed E-state index contributed by atoms with van der Waals surface area (Å²) in [4.78, 5) is 0. The molecule has 0 radical (unpaired) electrons. The van der Waals surface area contributed by atoms with Crippen molar-refractivity contribution in [3.05, 3.63) is 23.3 Å². The number of rotatable bonds is 3. The summed E-state index contributed by atoms with van der Waals surface area (Å²) in [5.74, 6) is 0.923. The second-order valence-corrected chi connectivity index (χ2v) is 3.71. The molecule has 0 fully saturated rings. The molecule has 2 atom stereocenters. The molecule has 1 aromatic rings. The SMILES string of the molecule is CC(F)c1cc2c(c(C(O)CN)c1)OCO2. The molecular formula is C11H14FNO3. The van der Waals surface area contributed by atoms with Crippen LogP contribution in [-0.4, -0.2) is 18.4 Å². The Kier molecular flexibility index (Phi) is 2.98. The van der Waals surface area contributed by atoms with Crippen LogP contribution in [0.2, 0.25) is 0 Å². The zero-order valence-electron chi connectivity index (χ0n) is 8.94. The number of halogens is 1. The Balaban J connectivity index is 2.49. The molecule has 0 aromatic heterocycles. The van der Waals surface area contributed by atoms with Crippen LogP contribution in [0.1, 0.15) is 30.3 Å². The van der Waals surface area contributed by atoms with Crippen molar-refractivity contribution in [3.63, 3.8) is 0 Å². The number of ether oxygens (including phenoxy) is 2. The monoisotopic (exact) mass is 227 g/mol. The summed E-state index contributed by atoms with van der Waals surface area (Å²) in [7, 11) is 0. The molecule has 0 spiro atoms. The van der Waals surface area contributed by atoms with Gasteiger partial charge in [0.1, 0.15) is 6.17 Å². The summed E-state index contributed by atoms with van der Waals surface area (Å²) in [6, 6.07) is 3.15. The van der Waals surface area contributed by atoms with Crippen molar-refractivity contribution >= 4 is 0 Å². The summed E-state index contributed by atoms with van der Waals surface area (Å²) in [6.45, 7) is 1.57. The lowest BCUT2D eigenvalue weighted by atomic mass is 10.0. The van der Waals surface area contributed by atoms with Crippen LogP contribution in [-0.2, 0) is 0 Å². The first-order valence-electron chi connectivity index (χ1n) is 5.09. The number of fused-ring (bicyclic) bond motifs is 1. The standard InChI is InChI=1S/C11H14FNO3/c1-6(12)7-2-8(9(14)4-13)11-10(3-7)15-5-16-11/h2-3,6,9,14H,4-5,13H2,1H3. The number of aliphatic hydroxyl groups is 1. The number of hydrogen-bond acceptors (Lipinski definition) is 4. The van der Waals surface area contributed by atoms with Gasteiger partial charge in [-0.15, -0.1) is 0 Å². The molecule has 16 heavy (non-hydrogen) atoms. The van der Waals surface area contributed by atoms with Crippen molar-refractivity contribution in [2.45, 2.75) is 19.2 Å². The van der Waals surface area contributed by atoms with E-state index in [-0.39, 0.29) is 13.3 Å². The highest BCUT2D eigenvalue weighted by molar-refractivity contribution is 5.52. The molecule has 3 N–H and O–H groups in total. The third-order valence-corrected chi connectivity index (χ3v) is 2.57. The zero-order valence-corrected chi connectivity index (χ0v) is 8.94. The molecule has 2 unspecified atom stereocenters.